The Morgan fingerprint density at radius 2 is 1.95 bits per heavy atom. The van der Waals surface area contributed by atoms with E-state index in [9.17, 15) is 0 Å². The highest BCUT2D eigenvalue weighted by Crippen LogP contribution is 2.38. The first-order valence-electron chi connectivity index (χ1n) is 8.34. The summed E-state index contributed by atoms with van der Waals surface area (Å²) in [6, 6.07) is 0. The van der Waals surface area contributed by atoms with Crippen molar-refractivity contribution >= 4 is 0 Å². The monoisotopic (exact) mass is 310 g/mol. The lowest BCUT2D eigenvalue weighted by Gasteiger charge is -2.33. The van der Waals surface area contributed by atoms with Crippen LogP contribution in [0.3, 0.4) is 0 Å². The lowest BCUT2D eigenvalue weighted by molar-refractivity contribution is -0.0455. The summed E-state index contributed by atoms with van der Waals surface area (Å²) in [5.74, 6) is 1.36. The Morgan fingerprint density at radius 3 is 2.68 bits per heavy atom. The average molecular weight is 310 g/mol. The molecule has 0 amide bonds. The Bertz CT molecular complexity index is 445. The van der Waals surface area contributed by atoms with Gasteiger partial charge in [-0.25, -0.2) is 0 Å². The summed E-state index contributed by atoms with van der Waals surface area (Å²) in [6.07, 6.45) is 7.94. The van der Waals surface area contributed by atoms with E-state index in [2.05, 4.69) is 10.1 Å². The van der Waals surface area contributed by atoms with Crippen LogP contribution >= 0.6 is 0 Å². The van der Waals surface area contributed by atoms with Crippen LogP contribution in [0.25, 0.3) is 0 Å². The predicted octanol–water partition coefficient (Wildman–Crippen LogP) is 2.61. The van der Waals surface area contributed by atoms with Crippen molar-refractivity contribution in [3.63, 3.8) is 0 Å². The van der Waals surface area contributed by atoms with Crippen molar-refractivity contribution in [2.24, 2.45) is 0 Å². The molecule has 124 valence electrons. The van der Waals surface area contributed by atoms with Gasteiger partial charge in [-0.3, -0.25) is 0 Å². The Morgan fingerprint density at radius 1 is 1.18 bits per heavy atom. The van der Waals surface area contributed by atoms with Crippen molar-refractivity contribution < 1.29 is 18.7 Å². The lowest BCUT2D eigenvalue weighted by Crippen LogP contribution is -2.35. The van der Waals surface area contributed by atoms with Crippen LogP contribution < -0.4 is 0 Å². The summed E-state index contributed by atoms with van der Waals surface area (Å²) < 4.78 is 22.0. The van der Waals surface area contributed by atoms with Crippen LogP contribution in [-0.4, -0.2) is 43.2 Å². The van der Waals surface area contributed by atoms with Gasteiger partial charge >= 0.3 is 0 Å². The number of hydrogen-bond acceptors (Lipinski definition) is 6. The smallest absolute Gasteiger partial charge is 0.252 e. The van der Waals surface area contributed by atoms with Gasteiger partial charge in [0, 0.05) is 20.3 Å². The summed E-state index contributed by atoms with van der Waals surface area (Å²) in [4.78, 5) is 4.60. The largest absolute Gasteiger partial charge is 0.384 e. The normalized spacial score (nSPS) is 22.8. The first-order valence-corrected chi connectivity index (χ1v) is 8.34. The zero-order valence-corrected chi connectivity index (χ0v) is 13.4. The average Bonchev–Trinajstić information content (AvgIpc) is 3.05. The molecule has 6 heteroatoms. The highest BCUT2D eigenvalue weighted by Gasteiger charge is 2.38. The molecule has 1 aromatic rings. The lowest BCUT2D eigenvalue weighted by atomic mass is 9.74. The zero-order valence-electron chi connectivity index (χ0n) is 13.4. The molecule has 6 nitrogen and oxygen atoms in total. The molecule has 0 bridgehead atoms. The summed E-state index contributed by atoms with van der Waals surface area (Å²) in [7, 11) is 1.74. The molecule has 0 atom stereocenters. The van der Waals surface area contributed by atoms with Gasteiger partial charge in [0.05, 0.1) is 18.1 Å². The maximum atomic E-state index is 5.86. The van der Waals surface area contributed by atoms with Crippen molar-refractivity contribution in [3.8, 4) is 0 Å². The highest BCUT2D eigenvalue weighted by molar-refractivity contribution is 5.08. The second-order valence-corrected chi connectivity index (χ2v) is 6.41. The minimum atomic E-state index is -0.0760. The zero-order chi connectivity index (χ0) is 15.3. The van der Waals surface area contributed by atoms with Gasteiger partial charge in [0.15, 0.2) is 5.82 Å². The molecule has 2 aliphatic rings. The Labute approximate surface area is 131 Å². The van der Waals surface area contributed by atoms with Gasteiger partial charge in [-0.1, -0.05) is 24.4 Å². The van der Waals surface area contributed by atoms with Gasteiger partial charge in [0.1, 0.15) is 6.61 Å². The Kier molecular flexibility index (Phi) is 5.44. The molecule has 22 heavy (non-hydrogen) atoms. The molecule has 1 aromatic heterocycles. The molecule has 0 spiro atoms. The first-order chi connectivity index (χ1) is 10.8. The van der Waals surface area contributed by atoms with E-state index in [-0.39, 0.29) is 11.5 Å². The summed E-state index contributed by atoms with van der Waals surface area (Å²) >= 11 is 0. The molecular weight excluding hydrogens is 284 g/mol. The highest BCUT2D eigenvalue weighted by atomic mass is 16.5. The van der Waals surface area contributed by atoms with Crippen molar-refractivity contribution in [1.82, 2.24) is 10.1 Å². The van der Waals surface area contributed by atoms with E-state index in [1.165, 1.54) is 19.3 Å². The van der Waals surface area contributed by atoms with E-state index in [1.807, 2.05) is 0 Å². The molecule has 1 saturated heterocycles. The van der Waals surface area contributed by atoms with Gasteiger partial charge in [-0.05, 0) is 25.7 Å². The molecule has 0 aromatic carbocycles. The van der Waals surface area contributed by atoms with E-state index in [0.717, 1.165) is 44.7 Å². The number of nitrogens with zero attached hydrogens (tertiary/aromatic N) is 2. The van der Waals surface area contributed by atoms with Crippen LogP contribution in [-0.2, 0) is 26.2 Å². The quantitative estimate of drug-likeness (QED) is 0.804. The number of hydrogen-bond donors (Lipinski definition) is 0. The van der Waals surface area contributed by atoms with Crippen LogP contribution in [0.15, 0.2) is 4.52 Å². The topological polar surface area (TPSA) is 66.6 Å². The molecule has 2 heterocycles. The van der Waals surface area contributed by atoms with Gasteiger partial charge in [-0.2, -0.15) is 4.98 Å². The van der Waals surface area contributed by atoms with Gasteiger partial charge in [-0.15, -0.1) is 0 Å². The summed E-state index contributed by atoms with van der Waals surface area (Å²) in [6.45, 7) is 2.60. The molecule has 0 N–H and O–H groups in total. The Hall–Kier alpha value is -0.980. The second-order valence-electron chi connectivity index (χ2n) is 6.41. The third-order valence-electron chi connectivity index (χ3n) is 4.78. The summed E-state index contributed by atoms with van der Waals surface area (Å²) in [5, 5.41) is 4.22. The minimum absolute atomic E-state index is 0.0760. The number of ether oxygens (including phenoxy) is 3. The third kappa shape index (κ3) is 3.67. The minimum Gasteiger partial charge on any atom is -0.384 e. The van der Waals surface area contributed by atoms with Crippen LogP contribution in [0, 0.1) is 0 Å². The first kappa shape index (κ1) is 15.9. The number of methoxy groups -OCH3 is 1. The van der Waals surface area contributed by atoms with Crippen molar-refractivity contribution in [3.05, 3.63) is 11.7 Å². The maximum Gasteiger partial charge on any atom is 0.252 e. The molecule has 1 aliphatic heterocycles. The van der Waals surface area contributed by atoms with E-state index >= 15 is 0 Å². The second kappa shape index (κ2) is 7.53. The van der Waals surface area contributed by atoms with E-state index < -0.39 is 0 Å². The fourth-order valence-corrected chi connectivity index (χ4v) is 3.50. The van der Waals surface area contributed by atoms with Crippen molar-refractivity contribution in [2.45, 2.75) is 63.1 Å². The van der Waals surface area contributed by atoms with E-state index in [0.29, 0.717) is 19.1 Å². The van der Waals surface area contributed by atoms with Crippen LogP contribution in [0.2, 0.25) is 0 Å². The molecule has 0 radical (unpaired) electrons. The number of aromatic nitrogens is 2. The fourth-order valence-electron chi connectivity index (χ4n) is 3.50. The molecule has 0 unspecified atom stereocenters. The standard InChI is InChI=1S/C16H26N2O4/c1-19-12-16(7-3-2-4-8-16)15-17-14(22-18-15)11-21-13-5-9-20-10-6-13/h13H,2-12H2,1H3. The molecular formula is C16H26N2O4. The predicted molar refractivity (Wildman–Crippen MR) is 79.6 cm³/mol. The van der Waals surface area contributed by atoms with Crippen LogP contribution in [0.1, 0.15) is 56.7 Å². The molecule has 2 fully saturated rings. The molecule has 1 aliphatic carbocycles. The molecule has 1 saturated carbocycles. The Balaban J connectivity index is 1.61. The van der Waals surface area contributed by atoms with Gasteiger partial charge in [0.2, 0.25) is 0 Å². The summed E-state index contributed by atoms with van der Waals surface area (Å²) in [5.41, 5.74) is -0.0760. The van der Waals surface area contributed by atoms with Crippen LogP contribution in [0.5, 0.6) is 0 Å². The van der Waals surface area contributed by atoms with E-state index in [4.69, 9.17) is 18.7 Å². The molecule has 3 rings (SSSR count). The van der Waals surface area contributed by atoms with Gasteiger partial charge in [0.25, 0.3) is 5.89 Å². The van der Waals surface area contributed by atoms with Gasteiger partial charge < -0.3 is 18.7 Å². The van der Waals surface area contributed by atoms with Crippen molar-refractivity contribution in [2.75, 3.05) is 26.9 Å². The maximum absolute atomic E-state index is 5.86. The van der Waals surface area contributed by atoms with E-state index in [1.54, 1.807) is 7.11 Å². The van der Waals surface area contributed by atoms with Crippen LogP contribution in [0.4, 0.5) is 0 Å². The number of rotatable bonds is 6. The SMILES string of the molecule is COCC1(c2noc(COC3CCOCC3)n2)CCCCC1. The fraction of sp³-hybridized carbons (Fsp3) is 0.875. The third-order valence-corrected chi connectivity index (χ3v) is 4.78. The van der Waals surface area contributed by atoms with Crippen molar-refractivity contribution in [1.29, 1.82) is 0 Å².